The predicted molar refractivity (Wildman–Crippen MR) is 84.8 cm³/mol. The Balaban J connectivity index is 1.76. The third-order valence-corrected chi connectivity index (χ3v) is 3.95. The van der Waals surface area contributed by atoms with Crippen LogP contribution < -0.4 is 5.56 Å². The van der Waals surface area contributed by atoms with Crippen molar-refractivity contribution in [3.05, 3.63) is 50.7 Å². The molecular weight excluding hydrogens is 312 g/mol. The number of aromatic nitrogens is 4. The lowest BCUT2D eigenvalue weighted by molar-refractivity contribution is -0.144. The zero-order valence-electron chi connectivity index (χ0n) is 14.0. The lowest BCUT2D eigenvalue weighted by Crippen LogP contribution is -2.14. The van der Waals surface area contributed by atoms with Crippen molar-refractivity contribution in [1.82, 2.24) is 19.6 Å². The van der Waals surface area contributed by atoms with Gasteiger partial charge in [-0.1, -0.05) is 0 Å². The van der Waals surface area contributed by atoms with Crippen molar-refractivity contribution >= 4 is 11.6 Å². The van der Waals surface area contributed by atoms with Gasteiger partial charge in [0.05, 0.1) is 12.1 Å². The minimum absolute atomic E-state index is 0.0123. The van der Waals surface area contributed by atoms with Crippen LogP contribution in [-0.4, -0.2) is 25.6 Å². The molecule has 0 spiro atoms. The molecular formula is C16H18N4O4. The number of hydrogen-bond donors (Lipinski definition) is 1. The van der Waals surface area contributed by atoms with E-state index in [4.69, 9.17) is 9.15 Å². The van der Waals surface area contributed by atoms with Crippen LogP contribution in [0.5, 0.6) is 0 Å². The second-order valence-corrected chi connectivity index (χ2v) is 5.66. The highest BCUT2D eigenvalue weighted by atomic mass is 16.5. The molecule has 8 nitrogen and oxygen atoms in total. The minimum Gasteiger partial charge on any atom is -0.455 e. The van der Waals surface area contributed by atoms with Crippen LogP contribution in [0.3, 0.4) is 0 Å². The second-order valence-electron chi connectivity index (χ2n) is 5.66. The first kappa shape index (κ1) is 16.0. The highest BCUT2D eigenvalue weighted by Crippen LogP contribution is 2.15. The number of hydrogen-bond acceptors (Lipinski definition) is 6. The Morgan fingerprint density at radius 1 is 1.25 bits per heavy atom. The molecule has 0 aliphatic heterocycles. The summed E-state index contributed by atoms with van der Waals surface area (Å²) in [6, 6.07) is 1.41. The highest BCUT2D eigenvalue weighted by Gasteiger charge is 2.16. The van der Waals surface area contributed by atoms with Gasteiger partial charge in [0, 0.05) is 23.0 Å². The average molecular weight is 330 g/mol. The van der Waals surface area contributed by atoms with E-state index >= 15 is 0 Å². The van der Waals surface area contributed by atoms with Crippen LogP contribution in [0.15, 0.2) is 15.3 Å². The first-order chi connectivity index (χ1) is 11.3. The SMILES string of the molecule is Cc1nc(COC(=O)Cc2c(C)nc3cc(=O)[nH]n3c2C)oc1C. The summed E-state index contributed by atoms with van der Waals surface area (Å²) in [4.78, 5) is 32.1. The average Bonchev–Trinajstić information content (AvgIpc) is 3.04. The number of carbonyl (C=O) groups excluding carboxylic acids is 1. The molecule has 1 N–H and O–H groups in total. The van der Waals surface area contributed by atoms with Crippen LogP contribution in [0.4, 0.5) is 0 Å². The summed E-state index contributed by atoms with van der Waals surface area (Å²) in [5, 5.41) is 2.66. The number of rotatable bonds is 4. The van der Waals surface area contributed by atoms with Gasteiger partial charge in [-0.25, -0.2) is 14.5 Å². The van der Waals surface area contributed by atoms with Crippen LogP contribution >= 0.6 is 0 Å². The molecule has 3 heterocycles. The number of aromatic amines is 1. The van der Waals surface area contributed by atoms with Crippen molar-refractivity contribution < 1.29 is 13.9 Å². The molecule has 0 unspecified atom stereocenters. The van der Waals surface area contributed by atoms with Crippen molar-refractivity contribution in [2.45, 2.75) is 40.7 Å². The summed E-state index contributed by atoms with van der Waals surface area (Å²) < 4.78 is 12.2. The molecule has 0 bridgehead atoms. The van der Waals surface area contributed by atoms with Crippen molar-refractivity contribution in [2.75, 3.05) is 0 Å². The Labute approximate surface area is 137 Å². The lowest BCUT2D eigenvalue weighted by atomic mass is 10.1. The van der Waals surface area contributed by atoms with Gasteiger partial charge in [-0.3, -0.25) is 14.7 Å². The largest absolute Gasteiger partial charge is 0.455 e. The first-order valence-electron chi connectivity index (χ1n) is 7.51. The fourth-order valence-corrected chi connectivity index (χ4v) is 2.55. The summed E-state index contributed by atoms with van der Waals surface area (Å²) in [6.45, 7) is 7.24. The maximum atomic E-state index is 12.1. The molecule has 0 radical (unpaired) electrons. The molecule has 3 rings (SSSR count). The van der Waals surface area contributed by atoms with Gasteiger partial charge in [0.1, 0.15) is 5.76 Å². The molecule has 0 aliphatic rings. The zero-order valence-corrected chi connectivity index (χ0v) is 14.0. The van der Waals surface area contributed by atoms with Gasteiger partial charge >= 0.3 is 5.97 Å². The van der Waals surface area contributed by atoms with Gasteiger partial charge in [-0.05, 0) is 27.7 Å². The summed E-state index contributed by atoms with van der Waals surface area (Å²) >= 11 is 0. The molecule has 8 heteroatoms. The van der Waals surface area contributed by atoms with Gasteiger partial charge < -0.3 is 9.15 Å². The first-order valence-corrected chi connectivity index (χ1v) is 7.51. The normalized spacial score (nSPS) is 11.2. The van der Waals surface area contributed by atoms with E-state index < -0.39 is 5.97 Å². The number of nitrogens with zero attached hydrogens (tertiary/aromatic N) is 3. The topological polar surface area (TPSA) is 102 Å². The predicted octanol–water partition coefficient (Wildman–Crippen LogP) is 1.53. The van der Waals surface area contributed by atoms with E-state index in [1.807, 2.05) is 13.8 Å². The number of fused-ring (bicyclic) bond motifs is 1. The van der Waals surface area contributed by atoms with Crippen LogP contribution in [0.25, 0.3) is 5.65 Å². The fourth-order valence-electron chi connectivity index (χ4n) is 2.55. The zero-order chi connectivity index (χ0) is 17.4. The maximum absolute atomic E-state index is 12.1. The number of ether oxygens (including phenoxy) is 1. The van der Waals surface area contributed by atoms with Gasteiger partial charge in [0.2, 0.25) is 5.89 Å². The van der Waals surface area contributed by atoms with Gasteiger partial charge in [-0.2, -0.15) is 0 Å². The van der Waals surface area contributed by atoms with E-state index in [9.17, 15) is 9.59 Å². The van der Waals surface area contributed by atoms with Crippen LogP contribution in [0.1, 0.15) is 34.3 Å². The van der Waals surface area contributed by atoms with Crippen molar-refractivity contribution in [3.8, 4) is 0 Å². The molecule has 126 valence electrons. The van der Waals surface area contributed by atoms with E-state index in [0.29, 0.717) is 23.0 Å². The van der Waals surface area contributed by atoms with Crippen molar-refractivity contribution in [3.63, 3.8) is 0 Å². The Morgan fingerprint density at radius 2 is 2.00 bits per heavy atom. The molecule has 0 aromatic carbocycles. The summed E-state index contributed by atoms with van der Waals surface area (Å²) in [5.41, 5.74) is 3.22. The van der Waals surface area contributed by atoms with E-state index in [1.54, 1.807) is 18.4 Å². The molecule has 0 aliphatic carbocycles. The summed E-state index contributed by atoms with van der Waals surface area (Å²) in [6.07, 6.45) is 0.0550. The van der Waals surface area contributed by atoms with E-state index in [0.717, 1.165) is 17.0 Å². The molecule has 0 fully saturated rings. The summed E-state index contributed by atoms with van der Waals surface area (Å²) in [5.74, 6) is 0.666. The molecule has 0 amide bonds. The van der Waals surface area contributed by atoms with Crippen molar-refractivity contribution in [1.29, 1.82) is 0 Å². The molecule has 3 aromatic heterocycles. The number of H-pyrrole nitrogens is 1. The van der Waals surface area contributed by atoms with E-state index in [-0.39, 0.29) is 18.6 Å². The quantitative estimate of drug-likeness (QED) is 0.728. The number of aryl methyl sites for hydroxylation is 4. The molecule has 0 atom stereocenters. The molecule has 3 aromatic rings. The Morgan fingerprint density at radius 3 is 2.67 bits per heavy atom. The van der Waals surface area contributed by atoms with Crippen LogP contribution in [-0.2, 0) is 22.6 Å². The van der Waals surface area contributed by atoms with Crippen LogP contribution in [0, 0.1) is 27.7 Å². The number of nitrogens with one attached hydrogen (secondary N) is 1. The van der Waals surface area contributed by atoms with Gasteiger partial charge in [0.15, 0.2) is 12.3 Å². The summed E-state index contributed by atoms with van der Waals surface area (Å²) in [7, 11) is 0. The second kappa shape index (κ2) is 5.95. The smallest absolute Gasteiger partial charge is 0.310 e. The third kappa shape index (κ3) is 2.94. The number of carbonyl (C=O) groups is 1. The standard InChI is InChI=1S/C16H18N4O4/c1-8-11(4)24-15(18-8)7-23-16(22)5-12-9(2)17-13-6-14(21)19-20(13)10(12)3/h6H,5,7H2,1-4H3,(H,19,21). The number of oxazole rings is 1. The Bertz CT molecular complexity index is 961. The lowest BCUT2D eigenvalue weighted by Gasteiger charge is -2.10. The maximum Gasteiger partial charge on any atom is 0.310 e. The Hall–Kier alpha value is -2.90. The molecule has 0 saturated carbocycles. The number of esters is 1. The van der Waals surface area contributed by atoms with E-state index in [1.165, 1.54) is 6.07 Å². The minimum atomic E-state index is -0.412. The molecule has 0 saturated heterocycles. The third-order valence-electron chi connectivity index (χ3n) is 3.95. The van der Waals surface area contributed by atoms with Gasteiger partial charge in [-0.15, -0.1) is 0 Å². The Kier molecular flexibility index (Phi) is 3.96. The molecule has 24 heavy (non-hydrogen) atoms. The highest BCUT2D eigenvalue weighted by molar-refractivity contribution is 5.73. The van der Waals surface area contributed by atoms with Crippen molar-refractivity contribution in [2.24, 2.45) is 0 Å². The van der Waals surface area contributed by atoms with Crippen LogP contribution in [0.2, 0.25) is 0 Å². The van der Waals surface area contributed by atoms with E-state index in [2.05, 4.69) is 15.1 Å². The monoisotopic (exact) mass is 330 g/mol. The fraction of sp³-hybridized carbons (Fsp3) is 0.375. The van der Waals surface area contributed by atoms with Gasteiger partial charge in [0.25, 0.3) is 5.56 Å².